The quantitative estimate of drug-likeness (QED) is 0.824. The summed E-state index contributed by atoms with van der Waals surface area (Å²) in [6, 6.07) is 12.4. The first-order valence-corrected chi connectivity index (χ1v) is 9.65. The van der Waals surface area contributed by atoms with Crippen LogP contribution in [-0.4, -0.2) is 53.4 Å². The zero-order valence-electron chi connectivity index (χ0n) is 16.8. The number of rotatable bonds is 5. The number of piperazine rings is 1. The van der Waals surface area contributed by atoms with Gasteiger partial charge in [0, 0.05) is 49.5 Å². The normalized spacial score (nSPS) is 16.0. The molecule has 0 amide bonds. The number of Topliss-reactive ketones (excluding diaryl/α,β-unsaturated/α-hetero) is 1. The molecule has 2 heterocycles. The Morgan fingerprint density at radius 1 is 1.07 bits per heavy atom. The third kappa shape index (κ3) is 4.54. The van der Waals surface area contributed by atoms with E-state index in [1.807, 2.05) is 30.5 Å². The highest BCUT2D eigenvalue weighted by molar-refractivity contribution is 6.03. The van der Waals surface area contributed by atoms with Crippen LogP contribution in [0.5, 0.6) is 0 Å². The smallest absolute Gasteiger partial charge is 0.182 e. The van der Waals surface area contributed by atoms with Gasteiger partial charge in [0.05, 0.1) is 5.54 Å². The monoisotopic (exact) mass is 366 g/mol. The molecule has 0 aliphatic carbocycles. The molecule has 1 aliphatic rings. The lowest BCUT2D eigenvalue weighted by atomic mass is 9.92. The summed E-state index contributed by atoms with van der Waals surface area (Å²) in [6.07, 6.45) is 1.89. The first kappa shape index (κ1) is 19.5. The Balaban J connectivity index is 1.74. The van der Waals surface area contributed by atoms with Crippen molar-refractivity contribution >= 4 is 11.6 Å². The van der Waals surface area contributed by atoms with Gasteiger partial charge in [0.25, 0.3) is 0 Å². The predicted octanol–water partition coefficient (Wildman–Crippen LogP) is 3.20. The van der Waals surface area contributed by atoms with Gasteiger partial charge in [-0.2, -0.15) is 0 Å². The molecule has 0 spiro atoms. The second-order valence-electron chi connectivity index (χ2n) is 8.15. The third-order valence-electron chi connectivity index (χ3n) is 5.16. The molecule has 1 fully saturated rings. The van der Waals surface area contributed by atoms with Gasteiger partial charge in [-0.1, -0.05) is 18.2 Å². The number of anilines is 1. The third-order valence-corrected chi connectivity index (χ3v) is 5.16. The molecule has 144 valence electrons. The lowest BCUT2D eigenvalue weighted by Crippen LogP contribution is -2.49. The van der Waals surface area contributed by atoms with Crippen molar-refractivity contribution in [1.29, 1.82) is 0 Å². The topological polar surface area (TPSA) is 62.5 Å². The molecule has 0 bridgehead atoms. The SMILES string of the molecule is CC(C)N1CCN(c2ccc(-c3cccc(C(=O)C(C)(C)N)c3)cn2)CC1. The first-order chi connectivity index (χ1) is 12.8. The number of carbonyl (C=O) groups excluding carboxylic acids is 1. The number of nitrogens with zero attached hydrogens (tertiary/aromatic N) is 3. The molecule has 1 aromatic carbocycles. The van der Waals surface area contributed by atoms with E-state index < -0.39 is 5.54 Å². The fraction of sp³-hybridized carbons (Fsp3) is 0.455. The minimum atomic E-state index is -0.876. The molecule has 5 nitrogen and oxygen atoms in total. The lowest BCUT2D eigenvalue weighted by molar-refractivity contribution is 0.0913. The van der Waals surface area contributed by atoms with E-state index in [9.17, 15) is 4.79 Å². The predicted molar refractivity (Wildman–Crippen MR) is 111 cm³/mol. The Kier molecular flexibility index (Phi) is 5.63. The van der Waals surface area contributed by atoms with E-state index in [1.54, 1.807) is 13.8 Å². The van der Waals surface area contributed by atoms with Crippen LogP contribution < -0.4 is 10.6 Å². The van der Waals surface area contributed by atoms with Crippen LogP contribution >= 0.6 is 0 Å². The van der Waals surface area contributed by atoms with E-state index in [4.69, 9.17) is 5.73 Å². The van der Waals surface area contributed by atoms with Crippen LogP contribution in [0, 0.1) is 0 Å². The van der Waals surface area contributed by atoms with Crippen LogP contribution in [0.1, 0.15) is 38.1 Å². The molecule has 3 rings (SSSR count). The number of benzene rings is 1. The number of hydrogen-bond donors (Lipinski definition) is 1. The van der Waals surface area contributed by atoms with Gasteiger partial charge in [0.2, 0.25) is 0 Å². The van der Waals surface area contributed by atoms with Crippen LogP contribution in [0.3, 0.4) is 0 Å². The first-order valence-electron chi connectivity index (χ1n) is 9.65. The minimum Gasteiger partial charge on any atom is -0.354 e. The second-order valence-corrected chi connectivity index (χ2v) is 8.15. The number of carbonyl (C=O) groups is 1. The molecule has 2 aromatic rings. The Morgan fingerprint density at radius 3 is 2.33 bits per heavy atom. The number of nitrogens with two attached hydrogens (primary N) is 1. The summed E-state index contributed by atoms with van der Waals surface area (Å²) < 4.78 is 0. The lowest BCUT2D eigenvalue weighted by Gasteiger charge is -2.37. The zero-order chi connectivity index (χ0) is 19.6. The van der Waals surface area contributed by atoms with Gasteiger partial charge in [0.15, 0.2) is 5.78 Å². The van der Waals surface area contributed by atoms with Crippen LogP contribution in [0.15, 0.2) is 42.6 Å². The molecule has 1 aromatic heterocycles. The summed E-state index contributed by atoms with van der Waals surface area (Å²) in [6.45, 7) is 12.1. The van der Waals surface area contributed by atoms with Crippen LogP contribution in [0.25, 0.3) is 11.1 Å². The Hall–Kier alpha value is -2.24. The van der Waals surface area contributed by atoms with E-state index in [0.717, 1.165) is 43.1 Å². The summed E-state index contributed by atoms with van der Waals surface area (Å²) in [5, 5.41) is 0. The van der Waals surface area contributed by atoms with Gasteiger partial charge in [0.1, 0.15) is 5.82 Å². The van der Waals surface area contributed by atoms with Gasteiger partial charge in [-0.15, -0.1) is 0 Å². The largest absolute Gasteiger partial charge is 0.354 e. The van der Waals surface area contributed by atoms with Crippen molar-refractivity contribution in [1.82, 2.24) is 9.88 Å². The van der Waals surface area contributed by atoms with Gasteiger partial charge in [-0.05, 0) is 51.5 Å². The molecule has 0 radical (unpaired) electrons. The summed E-state index contributed by atoms with van der Waals surface area (Å²) in [5.41, 5.74) is 7.70. The molecule has 0 unspecified atom stereocenters. The molecule has 1 aliphatic heterocycles. The molecule has 0 atom stereocenters. The van der Waals surface area contributed by atoms with Crippen molar-refractivity contribution in [3.8, 4) is 11.1 Å². The van der Waals surface area contributed by atoms with Crippen molar-refractivity contribution in [2.45, 2.75) is 39.3 Å². The Morgan fingerprint density at radius 2 is 1.78 bits per heavy atom. The highest BCUT2D eigenvalue weighted by atomic mass is 16.1. The van der Waals surface area contributed by atoms with Crippen molar-refractivity contribution in [3.63, 3.8) is 0 Å². The highest BCUT2D eigenvalue weighted by Gasteiger charge is 2.24. The minimum absolute atomic E-state index is 0.0584. The molecule has 1 saturated heterocycles. The number of pyridine rings is 1. The number of aromatic nitrogens is 1. The summed E-state index contributed by atoms with van der Waals surface area (Å²) in [4.78, 5) is 21.9. The summed E-state index contributed by atoms with van der Waals surface area (Å²) in [5.74, 6) is 0.953. The second kappa shape index (κ2) is 7.79. The zero-order valence-corrected chi connectivity index (χ0v) is 16.8. The van der Waals surface area contributed by atoms with E-state index in [1.165, 1.54) is 0 Å². The summed E-state index contributed by atoms with van der Waals surface area (Å²) >= 11 is 0. The molecule has 5 heteroatoms. The van der Waals surface area contributed by atoms with Crippen molar-refractivity contribution in [2.75, 3.05) is 31.1 Å². The number of ketones is 1. The highest BCUT2D eigenvalue weighted by Crippen LogP contribution is 2.24. The van der Waals surface area contributed by atoms with E-state index >= 15 is 0 Å². The van der Waals surface area contributed by atoms with Crippen molar-refractivity contribution < 1.29 is 4.79 Å². The maximum Gasteiger partial charge on any atom is 0.182 e. The average Bonchev–Trinajstić information content (AvgIpc) is 2.67. The Bertz CT molecular complexity index is 785. The van der Waals surface area contributed by atoms with Crippen molar-refractivity contribution in [3.05, 3.63) is 48.2 Å². The fourth-order valence-electron chi connectivity index (χ4n) is 3.42. The number of hydrogen-bond acceptors (Lipinski definition) is 5. The van der Waals surface area contributed by atoms with Crippen LogP contribution in [0.4, 0.5) is 5.82 Å². The standard InChI is InChI=1S/C22H30N4O/c1-16(2)25-10-12-26(13-11-25)20-9-8-19(15-24-20)17-6-5-7-18(14-17)21(27)22(3,4)23/h5-9,14-16H,10-13,23H2,1-4H3. The van der Waals surface area contributed by atoms with Gasteiger partial charge < -0.3 is 10.6 Å². The summed E-state index contributed by atoms with van der Waals surface area (Å²) in [7, 11) is 0. The molecule has 0 saturated carbocycles. The maximum atomic E-state index is 12.4. The van der Waals surface area contributed by atoms with Crippen LogP contribution in [0.2, 0.25) is 0 Å². The average molecular weight is 367 g/mol. The van der Waals surface area contributed by atoms with E-state index in [2.05, 4.69) is 40.8 Å². The van der Waals surface area contributed by atoms with E-state index in [-0.39, 0.29) is 5.78 Å². The van der Waals surface area contributed by atoms with Gasteiger partial charge in [-0.25, -0.2) is 4.98 Å². The maximum absolute atomic E-state index is 12.4. The van der Waals surface area contributed by atoms with Gasteiger partial charge >= 0.3 is 0 Å². The van der Waals surface area contributed by atoms with Crippen molar-refractivity contribution in [2.24, 2.45) is 5.73 Å². The molecular formula is C22H30N4O. The Labute approximate surface area is 162 Å². The molecule has 2 N–H and O–H groups in total. The van der Waals surface area contributed by atoms with Crippen LogP contribution in [-0.2, 0) is 0 Å². The van der Waals surface area contributed by atoms with Gasteiger partial charge in [-0.3, -0.25) is 9.69 Å². The molecular weight excluding hydrogens is 336 g/mol. The van der Waals surface area contributed by atoms with E-state index in [0.29, 0.717) is 11.6 Å². The molecule has 27 heavy (non-hydrogen) atoms. The fourth-order valence-corrected chi connectivity index (χ4v) is 3.42.